The largest absolute Gasteiger partial charge is 0.357 e. The maximum Gasteiger partial charge on any atom is 0.274 e. The summed E-state index contributed by atoms with van der Waals surface area (Å²) in [6, 6.07) is 7.33. The minimum Gasteiger partial charge on any atom is -0.357 e. The van der Waals surface area contributed by atoms with Crippen molar-refractivity contribution in [3.05, 3.63) is 52.5 Å². The molecule has 1 aromatic carbocycles. The third kappa shape index (κ3) is 3.65. The summed E-state index contributed by atoms with van der Waals surface area (Å²) in [5.74, 6) is 0.378. The molecular formula is C16H17N5O3. The Balaban J connectivity index is 1.71. The average Bonchev–Trinajstić information content (AvgIpc) is 2.63. The molecule has 1 saturated heterocycles. The fraction of sp³-hybridized carbons (Fsp3) is 0.312. The molecule has 1 aromatic heterocycles. The first kappa shape index (κ1) is 15.9. The van der Waals surface area contributed by atoms with E-state index in [0.717, 1.165) is 31.7 Å². The van der Waals surface area contributed by atoms with Crippen LogP contribution in [-0.4, -0.2) is 33.9 Å². The molecule has 1 aliphatic heterocycles. The molecule has 0 atom stereocenters. The number of carbonyl (C=O) groups excluding carboxylic acids is 1. The summed E-state index contributed by atoms with van der Waals surface area (Å²) in [7, 11) is 0. The summed E-state index contributed by atoms with van der Waals surface area (Å²) in [4.78, 5) is 32.9. The maximum atomic E-state index is 12.3. The number of anilines is 2. The summed E-state index contributed by atoms with van der Waals surface area (Å²) >= 11 is 0. The van der Waals surface area contributed by atoms with Gasteiger partial charge in [-0.15, -0.1) is 0 Å². The molecule has 8 heteroatoms. The number of piperidine rings is 1. The van der Waals surface area contributed by atoms with Crippen LogP contribution in [0.2, 0.25) is 0 Å². The Kier molecular flexibility index (Phi) is 4.64. The summed E-state index contributed by atoms with van der Waals surface area (Å²) < 4.78 is 0. The molecule has 1 amide bonds. The van der Waals surface area contributed by atoms with Crippen LogP contribution in [0.15, 0.2) is 36.7 Å². The normalized spacial score (nSPS) is 14.2. The topological polar surface area (TPSA) is 101 Å². The van der Waals surface area contributed by atoms with Crippen molar-refractivity contribution >= 4 is 23.1 Å². The Bertz CT molecular complexity index is 742. The molecule has 2 aromatic rings. The minimum atomic E-state index is -0.485. The minimum absolute atomic E-state index is 0.0255. The predicted molar refractivity (Wildman–Crippen MR) is 89.1 cm³/mol. The second kappa shape index (κ2) is 7.03. The fourth-order valence-electron chi connectivity index (χ4n) is 2.63. The van der Waals surface area contributed by atoms with Crippen molar-refractivity contribution in [2.75, 3.05) is 23.3 Å². The first-order valence-corrected chi connectivity index (χ1v) is 7.76. The number of hydrogen-bond donors (Lipinski definition) is 1. The molecule has 0 aliphatic carbocycles. The van der Waals surface area contributed by atoms with Crippen molar-refractivity contribution in [1.29, 1.82) is 0 Å². The molecule has 0 saturated carbocycles. The number of aromatic nitrogens is 2. The zero-order valence-corrected chi connectivity index (χ0v) is 13.0. The lowest BCUT2D eigenvalue weighted by molar-refractivity contribution is -0.384. The number of non-ortho nitro benzene ring substituents is 1. The SMILES string of the molecule is O=C(Nc1ccc([N+](=O)[O-])cc1)c1cc(N2CCCCC2)ncn1. The second-order valence-electron chi connectivity index (χ2n) is 5.57. The van der Waals surface area contributed by atoms with Crippen LogP contribution in [0.4, 0.5) is 17.2 Å². The number of nitrogens with one attached hydrogen (secondary N) is 1. The number of carbonyl (C=O) groups is 1. The van der Waals surface area contributed by atoms with E-state index in [2.05, 4.69) is 20.2 Å². The smallest absolute Gasteiger partial charge is 0.274 e. The van der Waals surface area contributed by atoms with Gasteiger partial charge in [0, 0.05) is 37.0 Å². The highest BCUT2D eigenvalue weighted by Crippen LogP contribution is 2.19. The summed E-state index contributed by atoms with van der Waals surface area (Å²) in [6.45, 7) is 1.86. The second-order valence-corrected chi connectivity index (χ2v) is 5.57. The van der Waals surface area contributed by atoms with Crippen LogP contribution in [0.3, 0.4) is 0 Å². The molecule has 124 valence electrons. The summed E-state index contributed by atoms with van der Waals surface area (Å²) in [5.41, 5.74) is 0.718. The van der Waals surface area contributed by atoms with Gasteiger partial charge in [-0.05, 0) is 31.4 Å². The lowest BCUT2D eigenvalue weighted by Gasteiger charge is -2.27. The Morgan fingerprint density at radius 3 is 2.50 bits per heavy atom. The van der Waals surface area contributed by atoms with Crippen LogP contribution in [0, 0.1) is 10.1 Å². The van der Waals surface area contributed by atoms with E-state index in [4.69, 9.17) is 0 Å². The molecule has 8 nitrogen and oxygen atoms in total. The molecular weight excluding hydrogens is 310 g/mol. The van der Waals surface area contributed by atoms with E-state index >= 15 is 0 Å². The van der Waals surface area contributed by atoms with E-state index in [1.54, 1.807) is 6.07 Å². The Labute approximate surface area is 138 Å². The molecule has 0 bridgehead atoms. The monoisotopic (exact) mass is 327 g/mol. The number of hydrogen-bond acceptors (Lipinski definition) is 6. The van der Waals surface area contributed by atoms with Crippen LogP contribution in [-0.2, 0) is 0 Å². The van der Waals surface area contributed by atoms with Gasteiger partial charge in [-0.1, -0.05) is 0 Å². The predicted octanol–water partition coefficient (Wildman–Crippen LogP) is 2.63. The molecule has 1 N–H and O–H groups in total. The van der Waals surface area contributed by atoms with Gasteiger partial charge >= 0.3 is 0 Å². The van der Waals surface area contributed by atoms with Crippen molar-refractivity contribution < 1.29 is 9.72 Å². The van der Waals surface area contributed by atoms with Gasteiger partial charge in [0.15, 0.2) is 0 Å². The third-order valence-electron chi connectivity index (χ3n) is 3.90. The molecule has 0 unspecified atom stereocenters. The van der Waals surface area contributed by atoms with E-state index in [1.165, 1.54) is 37.0 Å². The van der Waals surface area contributed by atoms with Crippen molar-refractivity contribution in [3.63, 3.8) is 0 Å². The standard InChI is InChI=1S/C16H17N5O3/c22-16(19-12-4-6-13(7-5-12)21(23)24)14-10-15(18-11-17-14)20-8-2-1-3-9-20/h4-7,10-11H,1-3,8-9H2,(H,19,22). The first-order chi connectivity index (χ1) is 11.6. The van der Waals surface area contributed by atoms with E-state index < -0.39 is 4.92 Å². The third-order valence-corrected chi connectivity index (χ3v) is 3.90. The van der Waals surface area contributed by atoms with E-state index in [0.29, 0.717) is 5.69 Å². The van der Waals surface area contributed by atoms with Crippen molar-refractivity contribution in [3.8, 4) is 0 Å². The van der Waals surface area contributed by atoms with Gasteiger partial charge in [0.2, 0.25) is 0 Å². The first-order valence-electron chi connectivity index (χ1n) is 7.76. The Morgan fingerprint density at radius 1 is 1.12 bits per heavy atom. The molecule has 1 fully saturated rings. The van der Waals surface area contributed by atoms with Crippen LogP contribution >= 0.6 is 0 Å². The number of nitrogens with zero attached hydrogens (tertiary/aromatic N) is 4. The van der Waals surface area contributed by atoms with E-state index in [-0.39, 0.29) is 17.3 Å². The van der Waals surface area contributed by atoms with Crippen LogP contribution < -0.4 is 10.2 Å². The molecule has 24 heavy (non-hydrogen) atoms. The van der Waals surface area contributed by atoms with Gasteiger partial charge < -0.3 is 10.2 Å². The fourth-order valence-corrected chi connectivity index (χ4v) is 2.63. The van der Waals surface area contributed by atoms with Crippen molar-refractivity contribution in [1.82, 2.24) is 9.97 Å². The van der Waals surface area contributed by atoms with Crippen LogP contribution in [0.5, 0.6) is 0 Å². The van der Waals surface area contributed by atoms with E-state index in [1.807, 2.05) is 0 Å². The Hall–Kier alpha value is -3.03. The van der Waals surface area contributed by atoms with E-state index in [9.17, 15) is 14.9 Å². The number of amides is 1. The molecule has 2 heterocycles. The average molecular weight is 327 g/mol. The van der Waals surface area contributed by atoms with Gasteiger partial charge in [-0.3, -0.25) is 14.9 Å². The number of benzene rings is 1. The number of rotatable bonds is 4. The van der Waals surface area contributed by atoms with Crippen LogP contribution in [0.25, 0.3) is 0 Å². The lowest BCUT2D eigenvalue weighted by atomic mass is 10.1. The molecule has 0 spiro atoms. The highest BCUT2D eigenvalue weighted by atomic mass is 16.6. The highest BCUT2D eigenvalue weighted by Gasteiger charge is 2.15. The van der Waals surface area contributed by atoms with Gasteiger partial charge in [-0.25, -0.2) is 9.97 Å². The summed E-state index contributed by atoms with van der Waals surface area (Å²) in [5, 5.41) is 13.3. The van der Waals surface area contributed by atoms with Gasteiger partial charge in [0.25, 0.3) is 11.6 Å². The quantitative estimate of drug-likeness (QED) is 0.684. The number of nitro benzene ring substituents is 1. The molecule has 0 radical (unpaired) electrons. The summed E-state index contributed by atoms with van der Waals surface area (Å²) in [6.07, 6.45) is 4.84. The van der Waals surface area contributed by atoms with Gasteiger partial charge in [-0.2, -0.15) is 0 Å². The van der Waals surface area contributed by atoms with Gasteiger partial charge in [0.1, 0.15) is 17.8 Å². The number of nitro groups is 1. The van der Waals surface area contributed by atoms with Crippen LogP contribution in [0.1, 0.15) is 29.8 Å². The molecule has 3 rings (SSSR count). The highest BCUT2D eigenvalue weighted by molar-refractivity contribution is 6.03. The molecule has 1 aliphatic rings. The zero-order chi connectivity index (χ0) is 16.9. The van der Waals surface area contributed by atoms with Crippen molar-refractivity contribution in [2.45, 2.75) is 19.3 Å². The zero-order valence-electron chi connectivity index (χ0n) is 13.0. The van der Waals surface area contributed by atoms with Crippen molar-refractivity contribution in [2.24, 2.45) is 0 Å². The van der Waals surface area contributed by atoms with Gasteiger partial charge in [0.05, 0.1) is 4.92 Å². The Morgan fingerprint density at radius 2 is 1.83 bits per heavy atom. The lowest BCUT2D eigenvalue weighted by Crippen LogP contribution is -2.30. The maximum absolute atomic E-state index is 12.3.